The van der Waals surface area contributed by atoms with E-state index >= 15 is 0 Å². The van der Waals surface area contributed by atoms with Crippen molar-refractivity contribution in [3.05, 3.63) is 70.0 Å². The van der Waals surface area contributed by atoms with Crippen LogP contribution < -0.4 is 5.32 Å². The van der Waals surface area contributed by atoms with Crippen LogP contribution in [0.3, 0.4) is 0 Å². The second kappa shape index (κ2) is 6.90. The van der Waals surface area contributed by atoms with E-state index in [0.29, 0.717) is 24.5 Å². The molecule has 0 atom stereocenters. The van der Waals surface area contributed by atoms with Gasteiger partial charge in [-0.1, -0.05) is 48.0 Å². The average Bonchev–Trinajstić information content (AvgIpc) is 2.44. The molecular weight excluding hydrogens is 284 g/mol. The van der Waals surface area contributed by atoms with E-state index in [1.807, 2.05) is 24.3 Å². The van der Waals surface area contributed by atoms with Crippen LogP contribution in [0.2, 0.25) is 5.02 Å². The molecule has 0 aliphatic rings. The highest BCUT2D eigenvalue weighted by Crippen LogP contribution is 2.17. The number of hydrogen-bond donors (Lipinski definition) is 1. The van der Waals surface area contributed by atoms with Gasteiger partial charge in [-0.3, -0.25) is 0 Å². The molecular formula is C15H14Cl2FN. The maximum Gasteiger partial charge on any atom is 0.146 e. The van der Waals surface area contributed by atoms with Crippen LogP contribution in [0.4, 0.5) is 4.39 Å². The van der Waals surface area contributed by atoms with Gasteiger partial charge >= 0.3 is 0 Å². The largest absolute Gasteiger partial charge is 0.309 e. The van der Waals surface area contributed by atoms with Crippen LogP contribution in [0.25, 0.3) is 0 Å². The van der Waals surface area contributed by atoms with Crippen molar-refractivity contribution in [3.8, 4) is 0 Å². The fourth-order valence-corrected chi connectivity index (χ4v) is 2.14. The first-order chi connectivity index (χ1) is 9.20. The van der Waals surface area contributed by atoms with Crippen molar-refractivity contribution in [3.63, 3.8) is 0 Å². The van der Waals surface area contributed by atoms with Gasteiger partial charge in [0.05, 0.1) is 5.02 Å². The Morgan fingerprint density at radius 1 is 0.947 bits per heavy atom. The molecule has 4 heteroatoms. The Kier molecular flexibility index (Phi) is 5.20. The third-order valence-corrected chi connectivity index (χ3v) is 3.45. The Morgan fingerprint density at radius 3 is 2.32 bits per heavy atom. The van der Waals surface area contributed by atoms with E-state index in [9.17, 15) is 4.39 Å². The molecule has 0 fully saturated rings. The van der Waals surface area contributed by atoms with Gasteiger partial charge in [0, 0.05) is 24.5 Å². The Labute approximate surface area is 122 Å². The molecule has 0 aliphatic carbocycles. The van der Waals surface area contributed by atoms with Gasteiger partial charge in [-0.05, 0) is 17.2 Å². The molecule has 2 aromatic rings. The summed E-state index contributed by atoms with van der Waals surface area (Å²) in [5.41, 5.74) is 2.80. The van der Waals surface area contributed by atoms with Crippen LogP contribution in [0, 0.1) is 5.82 Å². The lowest BCUT2D eigenvalue weighted by Gasteiger charge is -2.07. The molecule has 0 saturated carbocycles. The number of alkyl halides is 1. The molecule has 1 N–H and O–H groups in total. The summed E-state index contributed by atoms with van der Waals surface area (Å²) in [5.74, 6) is 0.163. The molecule has 0 heterocycles. The summed E-state index contributed by atoms with van der Waals surface area (Å²) in [6.45, 7) is 1.12. The quantitative estimate of drug-likeness (QED) is 0.801. The van der Waals surface area contributed by atoms with Crippen LogP contribution in [0.1, 0.15) is 16.7 Å². The molecule has 1 nitrogen and oxygen atoms in total. The SMILES string of the molecule is Fc1c(Cl)cccc1CNCc1ccc(CCl)cc1. The van der Waals surface area contributed by atoms with E-state index < -0.39 is 0 Å². The van der Waals surface area contributed by atoms with Gasteiger partial charge < -0.3 is 5.32 Å². The molecule has 100 valence electrons. The summed E-state index contributed by atoms with van der Waals surface area (Å²) in [6.07, 6.45) is 0. The predicted octanol–water partition coefficient (Wildman–Crippen LogP) is 4.51. The first-order valence-corrected chi connectivity index (χ1v) is 6.89. The van der Waals surface area contributed by atoms with Gasteiger partial charge in [0.15, 0.2) is 0 Å². The summed E-state index contributed by atoms with van der Waals surface area (Å²) >= 11 is 11.5. The van der Waals surface area contributed by atoms with Gasteiger partial charge in [-0.15, -0.1) is 11.6 Å². The molecule has 0 spiro atoms. The van der Waals surface area contributed by atoms with Gasteiger partial charge in [0.25, 0.3) is 0 Å². The van der Waals surface area contributed by atoms with Crippen LogP contribution in [-0.4, -0.2) is 0 Å². The summed E-state index contributed by atoms with van der Waals surface area (Å²) in [4.78, 5) is 0. The molecule has 0 bridgehead atoms. The van der Waals surface area contributed by atoms with Crippen molar-refractivity contribution in [2.45, 2.75) is 19.0 Å². The highest BCUT2D eigenvalue weighted by atomic mass is 35.5. The lowest BCUT2D eigenvalue weighted by Crippen LogP contribution is -2.13. The zero-order chi connectivity index (χ0) is 13.7. The van der Waals surface area contributed by atoms with Crippen LogP contribution in [0.15, 0.2) is 42.5 Å². The summed E-state index contributed by atoms with van der Waals surface area (Å²) in [7, 11) is 0. The maximum atomic E-state index is 13.6. The second-order valence-corrected chi connectivity index (χ2v) is 4.94. The average molecular weight is 298 g/mol. The number of benzene rings is 2. The van der Waals surface area contributed by atoms with E-state index in [-0.39, 0.29) is 10.8 Å². The fourth-order valence-electron chi connectivity index (χ4n) is 1.77. The van der Waals surface area contributed by atoms with E-state index in [0.717, 1.165) is 11.1 Å². The zero-order valence-corrected chi connectivity index (χ0v) is 11.8. The molecule has 0 aromatic heterocycles. The molecule has 0 aliphatic heterocycles. The summed E-state index contributed by atoms with van der Waals surface area (Å²) in [6, 6.07) is 13.0. The van der Waals surface area contributed by atoms with Crippen LogP contribution >= 0.6 is 23.2 Å². The molecule has 0 radical (unpaired) electrons. The molecule has 0 saturated heterocycles. The van der Waals surface area contributed by atoms with Crippen molar-refractivity contribution >= 4 is 23.2 Å². The topological polar surface area (TPSA) is 12.0 Å². The minimum atomic E-state index is -0.353. The second-order valence-electron chi connectivity index (χ2n) is 4.27. The number of rotatable bonds is 5. The molecule has 2 aromatic carbocycles. The summed E-state index contributed by atoms with van der Waals surface area (Å²) < 4.78 is 13.6. The summed E-state index contributed by atoms with van der Waals surface area (Å²) in [5, 5.41) is 3.35. The minimum absolute atomic E-state index is 0.158. The number of hydrogen-bond acceptors (Lipinski definition) is 1. The predicted molar refractivity (Wildman–Crippen MR) is 78.0 cm³/mol. The van der Waals surface area contributed by atoms with E-state index in [2.05, 4.69) is 5.32 Å². The van der Waals surface area contributed by atoms with Gasteiger partial charge in [0.2, 0.25) is 0 Å². The number of halogens is 3. The Balaban J connectivity index is 1.90. The van der Waals surface area contributed by atoms with Gasteiger partial charge in [-0.25, -0.2) is 4.39 Å². The molecule has 19 heavy (non-hydrogen) atoms. The van der Waals surface area contributed by atoms with Crippen molar-refractivity contribution in [1.82, 2.24) is 5.32 Å². The standard InChI is InChI=1S/C15H14Cl2FN/c16-8-11-4-6-12(7-5-11)9-19-10-13-2-1-3-14(17)15(13)18/h1-7,19H,8-10H2. The van der Waals surface area contributed by atoms with Gasteiger partial charge in [-0.2, -0.15) is 0 Å². The lowest BCUT2D eigenvalue weighted by molar-refractivity contribution is 0.588. The Bertz CT molecular complexity index is 540. The van der Waals surface area contributed by atoms with Crippen molar-refractivity contribution < 1.29 is 4.39 Å². The first-order valence-electron chi connectivity index (χ1n) is 5.98. The van der Waals surface area contributed by atoms with E-state index in [1.165, 1.54) is 0 Å². The minimum Gasteiger partial charge on any atom is -0.309 e. The third kappa shape index (κ3) is 3.93. The Hall–Kier alpha value is -1.09. The maximum absolute atomic E-state index is 13.6. The third-order valence-electron chi connectivity index (χ3n) is 2.85. The van der Waals surface area contributed by atoms with Crippen LogP contribution in [-0.2, 0) is 19.0 Å². The smallest absolute Gasteiger partial charge is 0.146 e. The monoisotopic (exact) mass is 297 g/mol. The molecule has 0 unspecified atom stereocenters. The number of nitrogens with one attached hydrogen (secondary N) is 1. The molecule has 0 amide bonds. The highest BCUT2D eigenvalue weighted by molar-refractivity contribution is 6.30. The Morgan fingerprint density at radius 2 is 1.63 bits per heavy atom. The van der Waals surface area contributed by atoms with Crippen molar-refractivity contribution in [2.75, 3.05) is 0 Å². The first kappa shape index (κ1) is 14.3. The van der Waals surface area contributed by atoms with Crippen molar-refractivity contribution in [1.29, 1.82) is 0 Å². The normalized spacial score (nSPS) is 10.7. The fraction of sp³-hybridized carbons (Fsp3) is 0.200. The molecule has 2 rings (SSSR count). The lowest BCUT2D eigenvalue weighted by atomic mass is 10.1. The van der Waals surface area contributed by atoms with E-state index in [1.54, 1.807) is 18.2 Å². The van der Waals surface area contributed by atoms with Gasteiger partial charge in [0.1, 0.15) is 5.82 Å². The zero-order valence-electron chi connectivity index (χ0n) is 10.3. The van der Waals surface area contributed by atoms with E-state index in [4.69, 9.17) is 23.2 Å². The van der Waals surface area contributed by atoms with Crippen LogP contribution in [0.5, 0.6) is 0 Å². The van der Waals surface area contributed by atoms with Crippen molar-refractivity contribution in [2.24, 2.45) is 0 Å². The highest BCUT2D eigenvalue weighted by Gasteiger charge is 2.05.